The molecule has 4 heteroatoms. The van der Waals surface area contributed by atoms with Crippen molar-refractivity contribution in [1.29, 1.82) is 0 Å². The first-order valence-corrected chi connectivity index (χ1v) is 8.00. The summed E-state index contributed by atoms with van der Waals surface area (Å²) in [6.45, 7) is 6.46. The molecule has 2 aromatic rings. The minimum absolute atomic E-state index is 0.0505. The number of para-hydroxylation sites is 1. The van der Waals surface area contributed by atoms with Crippen LogP contribution < -0.4 is 10.6 Å². The first kappa shape index (κ1) is 13.6. The van der Waals surface area contributed by atoms with Gasteiger partial charge in [0, 0.05) is 30.4 Å². The van der Waals surface area contributed by atoms with Crippen LogP contribution in [0.25, 0.3) is 0 Å². The Bertz CT molecular complexity index is 563. The third-order valence-corrected chi connectivity index (χ3v) is 5.00. The lowest BCUT2D eigenvalue weighted by Gasteiger charge is -2.30. The number of hydrogen-bond acceptors (Lipinski definition) is 4. The number of fused-ring (bicyclic) bond motifs is 1. The fourth-order valence-electron chi connectivity index (χ4n) is 2.66. The second-order valence-corrected chi connectivity index (χ2v) is 6.85. The van der Waals surface area contributed by atoms with Crippen LogP contribution >= 0.6 is 11.3 Å². The number of rotatable bonds is 4. The van der Waals surface area contributed by atoms with E-state index >= 15 is 0 Å². The first-order chi connectivity index (χ1) is 9.65. The lowest BCUT2D eigenvalue weighted by molar-refractivity contribution is 0.355. The summed E-state index contributed by atoms with van der Waals surface area (Å²) in [5, 5.41) is 10.4. The second kappa shape index (κ2) is 5.54. The smallest absolute Gasteiger partial charge is 0.112 e. The zero-order valence-electron chi connectivity index (χ0n) is 12.0. The van der Waals surface area contributed by atoms with Crippen LogP contribution in [0.2, 0.25) is 0 Å². The molecule has 1 aliphatic heterocycles. The van der Waals surface area contributed by atoms with Crippen LogP contribution in [0.3, 0.4) is 0 Å². The summed E-state index contributed by atoms with van der Waals surface area (Å²) in [5.74, 6) is 0.629. The number of hydrogen-bond donors (Lipinski definition) is 2. The summed E-state index contributed by atoms with van der Waals surface area (Å²) < 4.78 is 0. The fraction of sp³-hybridized carbons (Fsp3) is 0.438. The molecular formula is C16H21N3S. The van der Waals surface area contributed by atoms with Crippen molar-refractivity contribution in [2.75, 3.05) is 18.4 Å². The lowest BCUT2D eigenvalue weighted by Crippen LogP contribution is -2.42. The van der Waals surface area contributed by atoms with Crippen molar-refractivity contribution < 1.29 is 0 Å². The largest absolute Gasteiger partial charge is 0.384 e. The zero-order valence-corrected chi connectivity index (χ0v) is 12.8. The molecule has 2 N–H and O–H groups in total. The van der Waals surface area contributed by atoms with Gasteiger partial charge < -0.3 is 10.6 Å². The molecule has 0 spiro atoms. The molecule has 1 aromatic heterocycles. The Morgan fingerprint density at radius 2 is 2.25 bits per heavy atom. The predicted molar refractivity (Wildman–Crippen MR) is 85.3 cm³/mol. The summed E-state index contributed by atoms with van der Waals surface area (Å²) >= 11 is 1.72. The summed E-state index contributed by atoms with van der Waals surface area (Å²) in [5.41, 5.74) is 2.67. The Hall–Kier alpha value is -1.39. The molecule has 0 saturated heterocycles. The van der Waals surface area contributed by atoms with Crippen molar-refractivity contribution in [3.63, 3.8) is 0 Å². The highest BCUT2D eigenvalue weighted by Gasteiger charge is 2.25. The third-order valence-electron chi connectivity index (χ3n) is 3.91. The highest BCUT2D eigenvalue weighted by Crippen LogP contribution is 2.26. The maximum atomic E-state index is 4.43. The molecule has 1 unspecified atom stereocenters. The van der Waals surface area contributed by atoms with Gasteiger partial charge in [0.2, 0.25) is 0 Å². The average Bonchev–Trinajstić information content (AvgIpc) is 3.00. The van der Waals surface area contributed by atoms with Crippen molar-refractivity contribution in [2.45, 2.75) is 25.8 Å². The molecule has 1 aromatic carbocycles. The van der Waals surface area contributed by atoms with Gasteiger partial charge in [0.05, 0.1) is 5.54 Å². The minimum atomic E-state index is -0.0505. The van der Waals surface area contributed by atoms with Crippen molar-refractivity contribution in [2.24, 2.45) is 5.92 Å². The normalized spacial score (nSPS) is 18.4. The summed E-state index contributed by atoms with van der Waals surface area (Å²) in [6.07, 6.45) is 3.02. The summed E-state index contributed by atoms with van der Waals surface area (Å²) in [4.78, 5) is 4.43. The number of thiazole rings is 1. The monoisotopic (exact) mass is 287 g/mol. The van der Waals surface area contributed by atoms with Crippen LogP contribution in [0.5, 0.6) is 0 Å². The van der Waals surface area contributed by atoms with E-state index in [1.807, 2.05) is 11.6 Å². The highest BCUT2D eigenvalue weighted by atomic mass is 32.1. The van der Waals surface area contributed by atoms with E-state index in [1.165, 1.54) is 11.3 Å². The number of nitrogens with one attached hydrogen (secondary N) is 2. The Balaban J connectivity index is 1.60. The molecule has 1 aliphatic rings. The molecule has 0 saturated carbocycles. The van der Waals surface area contributed by atoms with Gasteiger partial charge in [-0.1, -0.05) is 18.2 Å². The van der Waals surface area contributed by atoms with Gasteiger partial charge in [0.15, 0.2) is 0 Å². The van der Waals surface area contributed by atoms with E-state index in [0.717, 1.165) is 24.5 Å². The zero-order chi connectivity index (χ0) is 14.0. The van der Waals surface area contributed by atoms with Crippen LogP contribution in [0.1, 0.15) is 24.4 Å². The highest BCUT2D eigenvalue weighted by molar-refractivity contribution is 7.09. The van der Waals surface area contributed by atoms with Crippen molar-refractivity contribution in [3.05, 3.63) is 46.4 Å². The Labute approximate surface area is 124 Å². The van der Waals surface area contributed by atoms with Crippen LogP contribution in [0, 0.1) is 5.92 Å². The number of nitrogens with zero attached hydrogens (tertiary/aromatic N) is 1. The van der Waals surface area contributed by atoms with Crippen LogP contribution in [0.15, 0.2) is 35.8 Å². The molecule has 3 nitrogen and oxygen atoms in total. The Morgan fingerprint density at radius 3 is 3.05 bits per heavy atom. The number of benzene rings is 1. The maximum absolute atomic E-state index is 4.43. The molecule has 0 fully saturated rings. The molecule has 0 amide bonds. The van der Waals surface area contributed by atoms with Crippen LogP contribution in [0.4, 0.5) is 5.69 Å². The van der Waals surface area contributed by atoms with Gasteiger partial charge in [-0.05, 0) is 37.8 Å². The van der Waals surface area contributed by atoms with Crippen LogP contribution in [-0.2, 0) is 12.0 Å². The second-order valence-electron chi connectivity index (χ2n) is 5.95. The predicted octanol–water partition coefficient (Wildman–Crippen LogP) is 3.25. The molecule has 0 radical (unpaired) electrons. The van der Waals surface area contributed by atoms with Crippen molar-refractivity contribution in [3.8, 4) is 0 Å². The van der Waals surface area contributed by atoms with E-state index in [9.17, 15) is 0 Å². The van der Waals surface area contributed by atoms with Gasteiger partial charge in [-0.15, -0.1) is 11.3 Å². The van der Waals surface area contributed by atoms with E-state index in [-0.39, 0.29) is 5.54 Å². The molecule has 106 valence electrons. The Morgan fingerprint density at radius 1 is 1.40 bits per heavy atom. The van der Waals surface area contributed by atoms with Gasteiger partial charge in [-0.25, -0.2) is 4.98 Å². The van der Waals surface area contributed by atoms with E-state index < -0.39 is 0 Å². The Kier molecular flexibility index (Phi) is 3.76. The van der Waals surface area contributed by atoms with Gasteiger partial charge >= 0.3 is 0 Å². The fourth-order valence-corrected chi connectivity index (χ4v) is 3.40. The van der Waals surface area contributed by atoms with E-state index in [2.05, 4.69) is 53.7 Å². The van der Waals surface area contributed by atoms with E-state index in [1.54, 1.807) is 11.3 Å². The van der Waals surface area contributed by atoms with Crippen LogP contribution in [-0.4, -0.2) is 18.1 Å². The first-order valence-electron chi connectivity index (χ1n) is 7.12. The maximum Gasteiger partial charge on any atom is 0.112 e. The molecule has 0 aliphatic carbocycles. The SMILES string of the molecule is CC(C)(NCC1CNc2ccccc2C1)c1nccs1. The van der Waals surface area contributed by atoms with Crippen molar-refractivity contribution >= 4 is 17.0 Å². The molecule has 3 rings (SSSR count). The van der Waals surface area contributed by atoms with Gasteiger partial charge in [-0.3, -0.25) is 0 Å². The third kappa shape index (κ3) is 2.86. The van der Waals surface area contributed by atoms with Crippen molar-refractivity contribution in [1.82, 2.24) is 10.3 Å². The number of anilines is 1. The molecule has 1 atom stereocenters. The lowest BCUT2D eigenvalue weighted by atomic mass is 9.93. The van der Waals surface area contributed by atoms with E-state index in [4.69, 9.17) is 0 Å². The summed E-state index contributed by atoms with van der Waals surface area (Å²) in [7, 11) is 0. The molecular weight excluding hydrogens is 266 g/mol. The minimum Gasteiger partial charge on any atom is -0.384 e. The van der Waals surface area contributed by atoms with Gasteiger partial charge in [0.25, 0.3) is 0 Å². The van der Waals surface area contributed by atoms with E-state index in [0.29, 0.717) is 5.92 Å². The van der Waals surface area contributed by atoms with Gasteiger partial charge in [-0.2, -0.15) is 0 Å². The standard InChI is InChI=1S/C16H21N3S/c1-16(2,15-17-7-8-20-15)19-11-12-9-13-5-3-4-6-14(13)18-10-12/h3-8,12,18-19H,9-11H2,1-2H3. The molecule has 0 bridgehead atoms. The quantitative estimate of drug-likeness (QED) is 0.906. The number of aromatic nitrogens is 1. The topological polar surface area (TPSA) is 37.0 Å². The molecule has 2 heterocycles. The average molecular weight is 287 g/mol. The van der Waals surface area contributed by atoms with Gasteiger partial charge in [0.1, 0.15) is 5.01 Å². The summed E-state index contributed by atoms with van der Waals surface area (Å²) in [6, 6.07) is 8.60. The molecule has 20 heavy (non-hydrogen) atoms.